The fraction of sp³-hybridized carbons (Fsp3) is 0.500. The van der Waals surface area contributed by atoms with Crippen molar-refractivity contribution in [3.8, 4) is 0 Å². The summed E-state index contributed by atoms with van der Waals surface area (Å²) in [6.07, 6.45) is 2.96. The summed E-state index contributed by atoms with van der Waals surface area (Å²) in [4.78, 5) is 18.8. The molecule has 0 aliphatic carbocycles. The molecule has 0 bridgehead atoms. The number of aromatic nitrogens is 1. The number of hydrogen-bond acceptors (Lipinski definition) is 5. The Hall–Kier alpha value is -1.50. The molecule has 2 aromatic rings. The summed E-state index contributed by atoms with van der Waals surface area (Å²) < 4.78 is 6.84. The molecule has 5 nitrogen and oxygen atoms in total. The summed E-state index contributed by atoms with van der Waals surface area (Å²) in [5.41, 5.74) is 8.98. The van der Waals surface area contributed by atoms with E-state index in [9.17, 15) is 4.79 Å². The molecule has 2 heterocycles. The Morgan fingerprint density at radius 1 is 1.41 bits per heavy atom. The first kappa shape index (κ1) is 15.4. The Balaban J connectivity index is 1.57. The van der Waals surface area contributed by atoms with Gasteiger partial charge in [0.1, 0.15) is 0 Å². The van der Waals surface area contributed by atoms with E-state index in [4.69, 9.17) is 10.5 Å². The summed E-state index contributed by atoms with van der Waals surface area (Å²) >= 11 is 1.57. The predicted molar refractivity (Wildman–Crippen MR) is 88.2 cm³/mol. The third kappa shape index (κ3) is 3.45. The van der Waals surface area contributed by atoms with Crippen molar-refractivity contribution in [1.82, 2.24) is 9.88 Å². The van der Waals surface area contributed by atoms with Crippen LogP contribution in [0.4, 0.5) is 0 Å². The normalized spacial score (nSPS) is 16.3. The minimum absolute atomic E-state index is 0.107. The van der Waals surface area contributed by atoms with Crippen LogP contribution in [0.2, 0.25) is 0 Å². The van der Waals surface area contributed by atoms with Crippen LogP contribution in [0, 0.1) is 0 Å². The van der Waals surface area contributed by atoms with E-state index in [2.05, 4.69) is 4.98 Å². The van der Waals surface area contributed by atoms with Gasteiger partial charge in [0.25, 0.3) is 5.91 Å². The van der Waals surface area contributed by atoms with Crippen molar-refractivity contribution in [2.24, 2.45) is 5.73 Å². The van der Waals surface area contributed by atoms with Crippen LogP contribution in [0.3, 0.4) is 0 Å². The highest BCUT2D eigenvalue weighted by Crippen LogP contribution is 2.22. The topological polar surface area (TPSA) is 68.5 Å². The SMILES string of the molecule is NCCCOC1CCN(C(=O)c2ccc3ncsc3c2)CC1. The zero-order valence-electron chi connectivity index (χ0n) is 12.5. The monoisotopic (exact) mass is 319 g/mol. The zero-order valence-corrected chi connectivity index (χ0v) is 13.3. The molecule has 3 rings (SSSR count). The lowest BCUT2D eigenvalue weighted by atomic mass is 10.1. The Kier molecular flexibility index (Phi) is 5.02. The number of likely N-dealkylation sites (tertiary alicyclic amines) is 1. The van der Waals surface area contributed by atoms with E-state index in [0.717, 1.165) is 54.7 Å². The second kappa shape index (κ2) is 7.17. The molecule has 0 radical (unpaired) electrons. The predicted octanol–water partition coefficient (Wildman–Crippen LogP) is 2.27. The van der Waals surface area contributed by atoms with E-state index >= 15 is 0 Å². The molecule has 1 fully saturated rings. The molecule has 0 spiro atoms. The smallest absolute Gasteiger partial charge is 0.253 e. The van der Waals surface area contributed by atoms with Crippen LogP contribution < -0.4 is 5.73 Å². The third-order valence-corrected chi connectivity index (χ3v) is 4.80. The summed E-state index contributed by atoms with van der Waals surface area (Å²) in [5.74, 6) is 0.107. The van der Waals surface area contributed by atoms with Gasteiger partial charge in [-0.1, -0.05) is 0 Å². The maximum atomic E-state index is 12.6. The average Bonchev–Trinajstić information content (AvgIpc) is 3.02. The first-order chi connectivity index (χ1) is 10.8. The van der Waals surface area contributed by atoms with Crippen LogP contribution in [0.5, 0.6) is 0 Å². The number of rotatable bonds is 5. The van der Waals surface area contributed by atoms with Crippen molar-refractivity contribution in [3.05, 3.63) is 29.3 Å². The fourth-order valence-corrected chi connectivity index (χ4v) is 3.45. The Bertz CT molecular complexity index is 635. The number of nitrogens with two attached hydrogens (primary N) is 1. The molecule has 118 valence electrons. The van der Waals surface area contributed by atoms with E-state index in [1.54, 1.807) is 11.3 Å². The van der Waals surface area contributed by atoms with E-state index in [1.807, 2.05) is 28.6 Å². The summed E-state index contributed by atoms with van der Waals surface area (Å²) in [5, 5.41) is 0. The van der Waals surface area contributed by atoms with E-state index < -0.39 is 0 Å². The highest BCUT2D eigenvalue weighted by Gasteiger charge is 2.24. The van der Waals surface area contributed by atoms with Crippen molar-refractivity contribution >= 4 is 27.5 Å². The van der Waals surface area contributed by atoms with Gasteiger partial charge in [-0.25, -0.2) is 4.98 Å². The van der Waals surface area contributed by atoms with Crippen molar-refractivity contribution < 1.29 is 9.53 Å². The standard InChI is InChI=1S/C16H21N3O2S/c17-6-1-9-21-13-4-7-19(8-5-13)16(20)12-2-3-14-15(10-12)22-11-18-14/h2-3,10-11,13H,1,4-9,17H2. The van der Waals surface area contributed by atoms with Crippen LogP contribution >= 0.6 is 11.3 Å². The van der Waals surface area contributed by atoms with Gasteiger partial charge in [0.15, 0.2) is 0 Å². The van der Waals surface area contributed by atoms with Gasteiger partial charge in [-0.15, -0.1) is 11.3 Å². The second-order valence-electron chi connectivity index (χ2n) is 5.54. The number of fused-ring (bicyclic) bond motifs is 1. The molecule has 22 heavy (non-hydrogen) atoms. The minimum atomic E-state index is 0.107. The Morgan fingerprint density at radius 3 is 3.00 bits per heavy atom. The number of benzene rings is 1. The minimum Gasteiger partial charge on any atom is -0.378 e. The van der Waals surface area contributed by atoms with Crippen LogP contribution in [0.15, 0.2) is 23.7 Å². The lowest BCUT2D eigenvalue weighted by Crippen LogP contribution is -2.41. The van der Waals surface area contributed by atoms with Gasteiger partial charge in [-0.3, -0.25) is 4.79 Å². The average molecular weight is 319 g/mol. The number of carbonyl (C=O) groups is 1. The van der Waals surface area contributed by atoms with E-state index in [-0.39, 0.29) is 12.0 Å². The van der Waals surface area contributed by atoms with Gasteiger partial charge < -0.3 is 15.4 Å². The summed E-state index contributed by atoms with van der Waals surface area (Å²) in [6, 6.07) is 5.73. The number of piperidine rings is 1. The van der Waals surface area contributed by atoms with Gasteiger partial charge in [-0.05, 0) is 44.0 Å². The molecule has 0 unspecified atom stereocenters. The molecule has 1 aromatic heterocycles. The van der Waals surface area contributed by atoms with Crippen molar-refractivity contribution in [1.29, 1.82) is 0 Å². The van der Waals surface area contributed by atoms with E-state index in [1.165, 1.54) is 0 Å². The highest BCUT2D eigenvalue weighted by atomic mass is 32.1. The van der Waals surface area contributed by atoms with Crippen LogP contribution in [-0.4, -0.2) is 48.1 Å². The van der Waals surface area contributed by atoms with E-state index in [0.29, 0.717) is 6.54 Å². The van der Waals surface area contributed by atoms with Crippen molar-refractivity contribution in [2.75, 3.05) is 26.2 Å². The van der Waals surface area contributed by atoms with Gasteiger partial charge >= 0.3 is 0 Å². The van der Waals surface area contributed by atoms with Crippen LogP contribution in [-0.2, 0) is 4.74 Å². The molecular weight excluding hydrogens is 298 g/mol. The maximum absolute atomic E-state index is 12.6. The lowest BCUT2D eigenvalue weighted by molar-refractivity contribution is 0.00845. The Morgan fingerprint density at radius 2 is 2.23 bits per heavy atom. The number of ether oxygens (including phenoxy) is 1. The molecule has 1 amide bonds. The third-order valence-electron chi connectivity index (χ3n) is 4.01. The van der Waals surface area contributed by atoms with Gasteiger partial charge in [0.05, 0.1) is 21.8 Å². The molecule has 1 aliphatic heterocycles. The van der Waals surface area contributed by atoms with Crippen molar-refractivity contribution in [2.45, 2.75) is 25.4 Å². The van der Waals surface area contributed by atoms with Crippen LogP contribution in [0.25, 0.3) is 10.2 Å². The summed E-state index contributed by atoms with van der Waals surface area (Å²) in [6.45, 7) is 2.90. The van der Waals surface area contributed by atoms with Gasteiger partial charge in [0.2, 0.25) is 0 Å². The zero-order chi connectivity index (χ0) is 15.4. The number of hydrogen-bond donors (Lipinski definition) is 1. The molecule has 1 aliphatic rings. The Labute approximate surface area is 134 Å². The number of thiazole rings is 1. The molecule has 1 aromatic carbocycles. The maximum Gasteiger partial charge on any atom is 0.253 e. The highest BCUT2D eigenvalue weighted by molar-refractivity contribution is 7.16. The lowest BCUT2D eigenvalue weighted by Gasteiger charge is -2.32. The number of carbonyl (C=O) groups excluding carboxylic acids is 1. The molecule has 0 atom stereocenters. The summed E-state index contributed by atoms with van der Waals surface area (Å²) in [7, 11) is 0. The van der Waals surface area contributed by atoms with Gasteiger partial charge in [0, 0.05) is 25.3 Å². The largest absolute Gasteiger partial charge is 0.378 e. The second-order valence-corrected chi connectivity index (χ2v) is 6.43. The van der Waals surface area contributed by atoms with Gasteiger partial charge in [-0.2, -0.15) is 0 Å². The molecule has 2 N–H and O–H groups in total. The van der Waals surface area contributed by atoms with Crippen molar-refractivity contribution in [3.63, 3.8) is 0 Å². The first-order valence-corrected chi connectivity index (χ1v) is 8.60. The molecule has 1 saturated heterocycles. The number of nitrogens with zero attached hydrogens (tertiary/aromatic N) is 2. The quantitative estimate of drug-likeness (QED) is 0.858. The fourth-order valence-electron chi connectivity index (χ4n) is 2.73. The molecule has 6 heteroatoms. The number of amides is 1. The van der Waals surface area contributed by atoms with Crippen LogP contribution in [0.1, 0.15) is 29.6 Å². The first-order valence-electron chi connectivity index (χ1n) is 7.72. The molecular formula is C16H21N3O2S. The molecule has 0 saturated carbocycles.